The number of carbonyl (C=O) groups is 1. The number of benzene rings is 1. The quantitative estimate of drug-likeness (QED) is 0.864. The SMILES string of the molecule is O=C(NCc1ccc(Cl)cc1)C1CSCN1. The van der Waals surface area contributed by atoms with Crippen molar-refractivity contribution >= 4 is 29.3 Å². The van der Waals surface area contributed by atoms with Crippen molar-refractivity contribution in [3.63, 3.8) is 0 Å². The molecule has 1 aliphatic rings. The molecule has 5 heteroatoms. The Hall–Kier alpha value is -0.710. The average molecular weight is 257 g/mol. The van der Waals surface area contributed by atoms with Crippen LogP contribution in [0, 0.1) is 0 Å². The number of hydrogen-bond acceptors (Lipinski definition) is 3. The van der Waals surface area contributed by atoms with E-state index in [4.69, 9.17) is 11.6 Å². The van der Waals surface area contributed by atoms with E-state index in [0.29, 0.717) is 11.6 Å². The van der Waals surface area contributed by atoms with Crippen molar-refractivity contribution in [2.24, 2.45) is 0 Å². The Morgan fingerprint density at radius 3 is 2.88 bits per heavy atom. The van der Waals surface area contributed by atoms with Crippen LogP contribution in [0.3, 0.4) is 0 Å². The molecule has 16 heavy (non-hydrogen) atoms. The molecule has 0 spiro atoms. The summed E-state index contributed by atoms with van der Waals surface area (Å²) in [5, 5.41) is 6.75. The van der Waals surface area contributed by atoms with Crippen LogP contribution in [0.25, 0.3) is 0 Å². The number of rotatable bonds is 3. The summed E-state index contributed by atoms with van der Waals surface area (Å²) in [6, 6.07) is 7.44. The number of thioether (sulfide) groups is 1. The van der Waals surface area contributed by atoms with E-state index in [9.17, 15) is 4.79 Å². The van der Waals surface area contributed by atoms with Gasteiger partial charge in [-0.25, -0.2) is 0 Å². The standard InChI is InChI=1S/C11H13ClN2OS/c12-9-3-1-8(2-4-9)5-13-11(15)10-6-16-7-14-10/h1-4,10,14H,5-7H2,(H,13,15). The molecule has 0 aromatic heterocycles. The molecule has 1 aromatic rings. The third-order valence-corrected chi connectivity index (χ3v) is 3.60. The Kier molecular flexibility index (Phi) is 4.09. The van der Waals surface area contributed by atoms with E-state index in [1.165, 1.54) is 0 Å². The molecule has 1 aromatic carbocycles. The number of carbonyl (C=O) groups excluding carboxylic acids is 1. The van der Waals surface area contributed by atoms with Crippen LogP contribution in [0.1, 0.15) is 5.56 Å². The van der Waals surface area contributed by atoms with Crippen molar-refractivity contribution < 1.29 is 4.79 Å². The Labute approximate surface area is 104 Å². The molecule has 2 N–H and O–H groups in total. The normalized spacial score (nSPS) is 19.7. The number of amides is 1. The maximum Gasteiger partial charge on any atom is 0.238 e. The molecule has 1 amide bonds. The molecule has 1 heterocycles. The predicted octanol–water partition coefficient (Wildman–Crippen LogP) is 1.62. The predicted molar refractivity (Wildman–Crippen MR) is 67.5 cm³/mol. The summed E-state index contributed by atoms with van der Waals surface area (Å²) >= 11 is 7.52. The highest BCUT2D eigenvalue weighted by atomic mass is 35.5. The topological polar surface area (TPSA) is 41.1 Å². The summed E-state index contributed by atoms with van der Waals surface area (Å²) in [6.07, 6.45) is 0. The van der Waals surface area contributed by atoms with Gasteiger partial charge in [-0.2, -0.15) is 0 Å². The first-order valence-corrected chi connectivity index (χ1v) is 6.62. The van der Waals surface area contributed by atoms with Crippen molar-refractivity contribution in [2.75, 3.05) is 11.6 Å². The highest BCUT2D eigenvalue weighted by Gasteiger charge is 2.21. The van der Waals surface area contributed by atoms with E-state index in [-0.39, 0.29) is 11.9 Å². The van der Waals surface area contributed by atoms with Gasteiger partial charge in [-0.3, -0.25) is 10.1 Å². The van der Waals surface area contributed by atoms with Crippen LogP contribution in [0.15, 0.2) is 24.3 Å². The van der Waals surface area contributed by atoms with Crippen LogP contribution in [0.2, 0.25) is 5.02 Å². The van der Waals surface area contributed by atoms with Gasteiger partial charge in [0.05, 0.1) is 6.04 Å². The van der Waals surface area contributed by atoms with Crippen molar-refractivity contribution in [1.29, 1.82) is 0 Å². The molecule has 1 aliphatic heterocycles. The van der Waals surface area contributed by atoms with Crippen LogP contribution in [0.5, 0.6) is 0 Å². The highest BCUT2D eigenvalue weighted by Crippen LogP contribution is 2.11. The molecule has 1 unspecified atom stereocenters. The molecule has 1 atom stereocenters. The fourth-order valence-corrected chi connectivity index (χ4v) is 2.55. The fourth-order valence-electron chi connectivity index (χ4n) is 1.48. The molecule has 0 aliphatic carbocycles. The molecule has 86 valence electrons. The van der Waals surface area contributed by atoms with Gasteiger partial charge in [-0.15, -0.1) is 11.8 Å². The molecular formula is C11H13ClN2OS. The minimum absolute atomic E-state index is 0.0442. The zero-order valence-corrected chi connectivity index (χ0v) is 10.3. The van der Waals surface area contributed by atoms with E-state index >= 15 is 0 Å². The van der Waals surface area contributed by atoms with Gasteiger partial charge in [0.2, 0.25) is 5.91 Å². The Bertz CT molecular complexity index is 363. The van der Waals surface area contributed by atoms with Gasteiger partial charge >= 0.3 is 0 Å². The van der Waals surface area contributed by atoms with E-state index in [0.717, 1.165) is 17.2 Å². The second-order valence-electron chi connectivity index (χ2n) is 3.62. The number of nitrogens with one attached hydrogen (secondary N) is 2. The van der Waals surface area contributed by atoms with Crippen molar-refractivity contribution in [2.45, 2.75) is 12.6 Å². The van der Waals surface area contributed by atoms with Gasteiger partial charge in [0.1, 0.15) is 0 Å². The van der Waals surface area contributed by atoms with E-state index in [1.807, 2.05) is 24.3 Å². The monoisotopic (exact) mass is 256 g/mol. The lowest BCUT2D eigenvalue weighted by atomic mass is 10.2. The van der Waals surface area contributed by atoms with Gasteiger partial charge in [-0.1, -0.05) is 23.7 Å². The molecule has 0 radical (unpaired) electrons. The summed E-state index contributed by atoms with van der Waals surface area (Å²) in [7, 11) is 0. The van der Waals surface area contributed by atoms with Crippen molar-refractivity contribution in [1.82, 2.24) is 10.6 Å². The van der Waals surface area contributed by atoms with Crippen LogP contribution < -0.4 is 10.6 Å². The minimum Gasteiger partial charge on any atom is -0.351 e. The first-order chi connectivity index (χ1) is 7.75. The van der Waals surface area contributed by atoms with Gasteiger partial charge < -0.3 is 5.32 Å². The lowest BCUT2D eigenvalue weighted by Crippen LogP contribution is -2.41. The Morgan fingerprint density at radius 1 is 1.50 bits per heavy atom. The Balaban J connectivity index is 1.82. The number of hydrogen-bond donors (Lipinski definition) is 2. The maximum absolute atomic E-state index is 11.7. The van der Waals surface area contributed by atoms with Crippen LogP contribution >= 0.6 is 23.4 Å². The molecule has 0 saturated carbocycles. The second kappa shape index (κ2) is 5.57. The highest BCUT2D eigenvalue weighted by molar-refractivity contribution is 7.99. The van der Waals surface area contributed by atoms with Crippen LogP contribution in [-0.2, 0) is 11.3 Å². The first-order valence-electron chi connectivity index (χ1n) is 5.09. The first kappa shape index (κ1) is 11.8. The summed E-state index contributed by atoms with van der Waals surface area (Å²) < 4.78 is 0. The summed E-state index contributed by atoms with van der Waals surface area (Å²) in [4.78, 5) is 11.7. The van der Waals surface area contributed by atoms with Crippen LogP contribution in [-0.4, -0.2) is 23.6 Å². The summed E-state index contributed by atoms with van der Waals surface area (Å²) in [5.41, 5.74) is 1.06. The second-order valence-corrected chi connectivity index (χ2v) is 5.08. The van der Waals surface area contributed by atoms with Gasteiger partial charge in [0.25, 0.3) is 0 Å². The molecule has 1 fully saturated rings. The zero-order chi connectivity index (χ0) is 11.4. The lowest BCUT2D eigenvalue weighted by Gasteiger charge is -2.10. The van der Waals surface area contributed by atoms with Gasteiger partial charge in [-0.05, 0) is 17.7 Å². The van der Waals surface area contributed by atoms with E-state index in [1.54, 1.807) is 11.8 Å². The largest absolute Gasteiger partial charge is 0.351 e. The maximum atomic E-state index is 11.7. The molecule has 3 nitrogen and oxygen atoms in total. The molecule has 0 bridgehead atoms. The van der Waals surface area contributed by atoms with Crippen molar-refractivity contribution in [3.8, 4) is 0 Å². The summed E-state index contributed by atoms with van der Waals surface area (Å²) in [6.45, 7) is 0.554. The van der Waals surface area contributed by atoms with Gasteiger partial charge in [0, 0.05) is 23.2 Å². The van der Waals surface area contributed by atoms with Crippen molar-refractivity contribution in [3.05, 3.63) is 34.9 Å². The average Bonchev–Trinajstić information content (AvgIpc) is 2.81. The Morgan fingerprint density at radius 2 is 2.25 bits per heavy atom. The minimum atomic E-state index is -0.0442. The third-order valence-electron chi connectivity index (χ3n) is 2.41. The number of halogens is 1. The van der Waals surface area contributed by atoms with Crippen LogP contribution in [0.4, 0.5) is 0 Å². The van der Waals surface area contributed by atoms with E-state index in [2.05, 4.69) is 10.6 Å². The third kappa shape index (κ3) is 3.14. The molecule has 1 saturated heterocycles. The fraction of sp³-hybridized carbons (Fsp3) is 0.364. The molecule has 2 rings (SSSR count). The summed E-state index contributed by atoms with van der Waals surface area (Å²) in [5.74, 6) is 1.78. The zero-order valence-electron chi connectivity index (χ0n) is 8.70. The van der Waals surface area contributed by atoms with E-state index < -0.39 is 0 Å². The molecular weight excluding hydrogens is 244 g/mol. The smallest absolute Gasteiger partial charge is 0.238 e. The van der Waals surface area contributed by atoms with Gasteiger partial charge in [0.15, 0.2) is 0 Å². The lowest BCUT2D eigenvalue weighted by molar-refractivity contribution is -0.122.